The first-order valence-corrected chi connectivity index (χ1v) is 7.96. The van der Waals surface area contributed by atoms with E-state index in [0.717, 1.165) is 17.7 Å². The first-order chi connectivity index (χ1) is 10.2. The van der Waals surface area contributed by atoms with Crippen LogP contribution in [0.2, 0.25) is 0 Å². The lowest BCUT2D eigenvalue weighted by Gasteiger charge is -2.18. The van der Waals surface area contributed by atoms with Crippen molar-refractivity contribution in [3.8, 4) is 16.1 Å². The molecule has 2 heterocycles. The van der Waals surface area contributed by atoms with Gasteiger partial charge in [0.25, 0.3) is 0 Å². The van der Waals surface area contributed by atoms with Crippen LogP contribution in [0.15, 0.2) is 53.3 Å². The summed E-state index contributed by atoms with van der Waals surface area (Å²) in [7, 11) is 0. The van der Waals surface area contributed by atoms with Crippen LogP contribution in [-0.2, 0) is 12.8 Å². The fourth-order valence-corrected chi connectivity index (χ4v) is 4.12. The monoisotopic (exact) mass is 293 g/mol. The number of hydrogen-bond acceptors (Lipinski definition) is 2. The summed E-state index contributed by atoms with van der Waals surface area (Å²) in [5.74, 6) is 0. The van der Waals surface area contributed by atoms with Gasteiger partial charge in [-0.3, -0.25) is 4.79 Å². The van der Waals surface area contributed by atoms with Crippen LogP contribution in [0.5, 0.6) is 0 Å². The quantitative estimate of drug-likeness (QED) is 0.665. The molecule has 1 aromatic carbocycles. The molecule has 0 spiro atoms. The zero-order valence-electron chi connectivity index (χ0n) is 11.8. The smallest absolute Gasteiger partial charge is 0.232 e. The van der Waals surface area contributed by atoms with E-state index in [2.05, 4.69) is 41.8 Å². The average molecular weight is 293 g/mol. The van der Waals surface area contributed by atoms with Crippen LogP contribution < -0.4 is 4.74 Å². The van der Waals surface area contributed by atoms with Crippen molar-refractivity contribution < 1.29 is 0 Å². The fraction of sp³-hybridized carbons (Fsp3) is 0.167. The third kappa shape index (κ3) is 1.96. The van der Waals surface area contributed by atoms with Gasteiger partial charge in [-0.1, -0.05) is 35.6 Å². The molecular weight excluding hydrogens is 278 g/mol. The lowest BCUT2D eigenvalue weighted by atomic mass is 9.96. The molecule has 0 unspecified atom stereocenters. The Hall–Kier alpha value is -2.13. The highest BCUT2D eigenvalue weighted by Crippen LogP contribution is 2.38. The zero-order chi connectivity index (χ0) is 14.4. The maximum atomic E-state index is 11.7. The van der Waals surface area contributed by atoms with Crippen molar-refractivity contribution in [2.45, 2.75) is 19.8 Å². The highest BCUT2D eigenvalue weighted by molar-refractivity contribution is 7.13. The molecule has 1 aliphatic rings. The number of aryl methyl sites for hydroxylation is 2. The van der Waals surface area contributed by atoms with Crippen molar-refractivity contribution in [3.63, 3.8) is 0 Å². The Morgan fingerprint density at radius 3 is 2.67 bits per heavy atom. The Bertz CT molecular complexity index is 874. The molecule has 0 saturated carbocycles. The number of rotatable bonds is 1. The number of benzene rings is 1. The first-order valence-electron chi connectivity index (χ1n) is 7.14. The van der Waals surface area contributed by atoms with Gasteiger partial charge in [0, 0.05) is 27.5 Å². The summed E-state index contributed by atoms with van der Waals surface area (Å²) >= 11 is 1.37. The van der Waals surface area contributed by atoms with Gasteiger partial charge >= 0.3 is 0 Å². The van der Waals surface area contributed by atoms with Crippen LogP contribution >= 0.6 is 11.3 Å². The molecule has 2 aromatic heterocycles. The largest absolute Gasteiger partial charge is 0.318 e. The summed E-state index contributed by atoms with van der Waals surface area (Å²) in [4.78, 5) is 12.9. The van der Waals surface area contributed by atoms with Gasteiger partial charge in [-0.2, -0.15) is 0 Å². The number of hydrogen-bond donors (Lipinski definition) is 0. The first kappa shape index (κ1) is 12.6. The molecule has 4 rings (SSSR count). The third-order valence-corrected chi connectivity index (χ3v) is 5.12. The predicted octanol–water partition coefficient (Wildman–Crippen LogP) is 3.97. The van der Waals surface area contributed by atoms with Crippen molar-refractivity contribution in [1.82, 2.24) is 4.57 Å². The van der Waals surface area contributed by atoms with Gasteiger partial charge in [0.1, 0.15) is 0 Å². The minimum Gasteiger partial charge on any atom is -0.318 e. The number of aromatic nitrogens is 1. The summed E-state index contributed by atoms with van der Waals surface area (Å²) in [5.41, 5.74) is 6.29. The van der Waals surface area contributed by atoms with Gasteiger partial charge < -0.3 is 4.57 Å². The maximum absolute atomic E-state index is 11.7. The third-order valence-electron chi connectivity index (χ3n) is 4.09. The molecular formula is C18H15NOS. The molecule has 0 aliphatic heterocycles. The summed E-state index contributed by atoms with van der Waals surface area (Å²) in [6.45, 7) is 2.14. The van der Waals surface area contributed by atoms with E-state index in [1.54, 1.807) is 6.07 Å². The van der Waals surface area contributed by atoms with Gasteiger partial charge in [0.2, 0.25) is 4.74 Å². The molecule has 0 bridgehead atoms. The van der Waals surface area contributed by atoms with Gasteiger partial charge in [0.15, 0.2) is 0 Å². The minimum absolute atomic E-state index is 0.131. The number of fused-ring (bicyclic) bond motifs is 3. The molecule has 3 aromatic rings. The average Bonchev–Trinajstić information content (AvgIpc) is 2.84. The van der Waals surface area contributed by atoms with E-state index in [1.165, 1.54) is 39.5 Å². The predicted molar refractivity (Wildman–Crippen MR) is 87.5 cm³/mol. The minimum atomic E-state index is 0.131. The van der Waals surface area contributed by atoms with Crippen LogP contribution in [0, 0.1) is 6.92 Å². The highest BCUT2D eigenvalue weighted by atomic mass is 32.1. The summed E-state index contributed by atoms with van der Waals surface area (Å²) in [5, 5.41) is 0. The lowest BCUT2D eigenvalue weighted by Crippen LogP contribution is -2.09. The molecule has 0 N–H and O–H groups in total. The van der Waals surface area contributed by atoms with Crippen LogP contribution in [0.1, 0.15) is 17.0 Å². The molecule has 104 valence electrons. The lowest BCUT2D eigenvalue weighted by molar-refractivity contribution is 0.842. The molecule has 2 nitrogen and oxygen atoms in total. The van der Waals surface area contributed by atoms with E-state index >= 15 is 0 Å². The van der Waals surface area contributed by atoms with E-state index in [0.29, 0.717) is 0 Å². The van der Waals surface area contributed by atoms with Crippen molar-refractivity contribution in [2.75, 3.05) is 0 Å². The maximum Gasteiger partial charge on any atom is 0.232 e. The van der Waals surface area contributed by atoms with E-state index in [9.17, 15) is 4.79 Å². The second kappa shape index (κ2) is 4.71. The molecule has 0 fully saturated rings. The second-order valence-corrected chi connectivity index (χ2v) is 6.44. The Morgan fingerprint density at radius 2 is 1.86 bits per heavy atom. The van der Waals surface area contributed by atoms with Crippen LogP contribution in [0.25, 0.3) is 16.1 Å². The van der Waals surface area contributed by atoms with E-state index in [4.69, 9.17) is 0 Å². The molecule has 1 aliphatic carbocycles. The SMILES string of the molecule is Cc1cc2c(n1-c1ccccc1)CCc1ccc(=O)sc1-2. The molecule has 0 saturated heterocycles. The number of para-hydroxylation sites is 1. The topological polar surface area (TPSA) is 22.0 Å². The fourth-order valence-electron chi connectivity index (χ4n) is 3.19. The van der Waals surface area contributed by atoms with Crippen LogP contribution in [0.4, 0.5) is 0 Å². The van der Waals surface area contributed by atoms with Gasteiger partial charge in [-0.25, -0.2) is 0 Å². The normalized spacial score (nSPS) is 12.8. The van der Waals surface area contributed by atoms with Crippen molar-refractivity contribution in [1.29, 1.82) is 0 Å². The van der Waals surface area contributed by atoms with Crippen LogP contribution in [-0.4, -0.2) is 4.57 Å². The molecule has 0 radical (unpaired) electrons. The van der Waals surface area contributed by atoms with Crippen molar-refractivity contribution >= 4 is 11.3 Å². The highest BCUT2D eigenvalue weighted by Gasteiger charge is 2.22. The Balaban J connectivity index is 1.98. The molecule has 0 amide bonds. The zero-order valence-corrected chi connectivity index (χ0v) is 12.6. The van der Waals surface area contributed by atoms with Crippen LogP contribution in [0.3, 0.4) is 0 Å². The second-order valence-electron chi connectivity index (χ2n) is 5.43. The number of nitrogens with zero attached hydrogens (tertiary/aromatic N) is 1. The Kier molecular flexibility index (Phi) is 2.82. The van der Waals surface area contributed by atoms with Crippen molar-refractivity contribution in [2.24, 2.45) is 0 Å². The van der Waals surface area contributed by atoms with Gasteiger partial charge in [-0.15, -0.1) is 0 Å². The van der Waals surface area contributed by atoms with E-state index in [-0.39, 0.29) is 4.74 Å². The van der Waals surface area contributed by atoms with E-state index < -0.39 is 0 Å². The standard InChI is InChI=1S/C18H15NOS/c1-12-11-15-16(19(12)14-5-3-2-4-6-14)9-7-13-8-10-17(20)21-18(13)15/h2-6,8,10-11H,7,9H2,1H3. The summed E-state index contributed by atoms with van der Waals surface area (Å²) < 4.78 is 2.45. The van der Waals surface area contributed by atoms with Crippen molar-refractivity contribution in [3.05, 3.63) is 75.0 Å². The molecule has 3 heteroatoms. The Labute approximate surface area is 127 Å². The summed E-state index contributed by atoms with van der Waals surface area (Å²) in [6, 6.07) is 16.3. The van der Waals surface area contributed by atoms with Gasteiger partial charge in [-0.05, 0) is 49.6 Å². The van der Waals surface area contributed by atoms with E-state index in [1.807, 2.05) is 12.1 Å². The molecule has 21 heavy (non-hydrogen) atoms. The van der Waals surface area contributed by atoms with Gasteiger partial charge in [0.05, 0.1) is 0 Å². The summed E-state index contributed by atoms with van der Waals surface area (Å²) in [6.07, 6.45) is 2.03. The molecule has 0 atom stereocenters. The Morgan fingerprint density at radius 1 is 1.05 bits per heavy atom.